The van der Waals surface area contributed by atoms with Gasteiger partial charge in [-0.25, -0.2) is 8.42 Å². The van der Waals surface area contributed by atoms with E-state index in [2.05, 4.69) is 4.98 Å². The Bertz CT molecular complexity index is 1360. The number of hydrogen-bond acceptors (Lipinski definition) is 4. The normalized spacial score (nSPS) is 20.0. The molecule has 0 bridgehead atoms. The van der Waals surface area contributed by atoms with Crippen LogP contribution in [-0.2, 0) is 9.84 Å². The quantitative estimate of drug-likeness (QED) is 0.446. The van der Waals surface area contributed by atoms with Crippen LogP contribution in [0.1, 0.15) is 52.9 Å². The first-order valence-corrected chi connectivity index (χ1v) is 11.9. The van der Waals surface area contributed by atoms with E-state index in [0.717, 1.165) is 22.1 Å². The number of carbonyl (C=O) groups excluding carboxylic acids is 1. The van der Waals surface area contributed by atoms with Gasteiger partial charge in [0.05, 0.1) is 28.3 Å². The lowest BCUT2D eigenvalue weighted by atomic mass is 9.88. The molecule has 32 heavy (non-hydrogen) atoms. The Labute approximate surface area is 187 Å². The fourth-order valence-corrected chi connectivity index (χ4v) is 6.63. The van der Waals surface area contributed by atoms with Crippen molar-refractivity contribution in [2.45, 2.75) is 31.4 Å². The fourth-order valence-electron chi connectivity index (χ4n) is 4.64. The number of furan rings is 1. The Morgan fingerprint density at radius 1 is 1.09 bits per heavy atom. The van der Waals surface area contributed by atoms with Crippen molar-refractivity contribution in [3.8, 4) is 11.3 Å². The molecule has 3 heterocycles. The molecule has 1 aliphatic rings. The van der Waals surface area contributed by atoms with Crippen molar-refractivity contribution >= 4 is 26.6 Å². The number of benzene rings is 2. The molecule has 166 valence electrons. The van der Waals surface area contributed by atoms with Crippen molar-refractivity contribution in [2.75, 3.05) is 5.75 Å². The molecule has 4 aromatic rings. The first kappa shape index (κ1) is 21.9. The van der Waals surface area contributed by atoms with Gasteiger partial charge in [-0.2, -0.15) is 0 Å². The van der Waals surface area contributed by atoms with Gasteiger partial charge >= 0.3 is 0 Å². The van der Waals surface area contributed by atoms with Crippen LogP contribution in [-0.4, -0.2) is 25.1 Å². The smallest absolute Gasteiger partial charge is 0.250 e. The van der Waals surface area contributed by atoms with Gasteiger partial charge in [0.25, 0.3) is 5.91 Å². The predicted octanol–water partition coefficient (Wildman–Crippen LogP) is 5.20. The van der Waals surface area contributed by atoms with E-state index >= 15 is 0 Å². The van der Waals surface area contributed by atoms with E-state index in [1.54, 1.807) is 18.4 Å². The molecule has 0 spiro atoms. The van der Waals surface area contributed by atoms with E-state index in [-0.39, 0.29) is 19.1 Å². The van der Waals surface area contributed by atoms with E-state index in [9.17, 15) is 13.2 Å². The van der Waals surface area contributed by atoms with Crippen molar-refractivity contribution in [3.63, 3.8) is 0 Å². The van der Waals surface area contributed by atoms with Gasteiger partial charge < -0.3 is 15.1 Å². The lowest BCUT2D eigenvalue weighted by Gasteiger charge is -2.29. The van der Waals surface area contributed by atoms with Gasteiger partial charge in [-0.15, -0.1) is 0 Å². The summed E-state index contributed by atoms with van der Waals surface area (Å²) in [5, 5.41) is 0.333. The zero-order valence-electron chi connectivity index (χ0n) is 16.7. The van der Waals surface area contributed by atoms with Crippen LogP contribution < -0.4 is 5.73 Å². The number of amides is 1. The summed E-state index contributed by atoms with van der Waals surface area (Å²) in [6.07, 6.45) is 4.50. The summed E-state index contributed by atoms with van der Waals surface area (Å²) in [6.45, 7) is 0. The molecule has 1 saturated heterocycles. The second kappa shape index (κ2) is 8.31. The second-order valence-corrected chi connectivity index (χ2v) is 10.3. The monoisotopic (exact) mass is 450 g/mol. The largest absolute Gasteiger partial charge is 0.464 e. The van der Waals surface area contributed by atoms with Crippen LogP contribution in [0, 0.1) is 0 Å². The number of fused-ring (bicyclic) bond motifs is 1. The van der Waals surface area contributed by atoms with E-state index in [1.165, 1.54) is 0 Å². The summed E-state index contributed by atoms with van der Waals surface area (Å²) in [5.41, 5.74) is 9.29. The Morgan fingerprint density at radius 3 is 2.56 bits per heavy atom. The number of primary amides is 1. The average molecular weight is 451 g/mol. The summed E-state index contributed by atoms with van der Waals surface area (Å²) in [4.78, 5) is 15.3. The van der Waals surface area contributed by atoms with Crippen molar-refractivity contribution < 1.29 is 17.6 Å². The van der Waals surface area contributed by atoms with Crippen molar-refractivity contribution in [1.29, 1.82) is 0 Å². The number of carbonyl (C=O) groups is 1. The highest BCUT2D eigenvalue weighted by Crippen LogP contribution is 2.44. The van der Waals surface area contributed by atoms with Crippen LogP contribution in [0.3, 0.4) is 0 Å². The molecular formula is C25H26N2O4S. The SMILES string of the molecule is C.NC(=O)c1cc(-c2ccco2)cc2c([C@H]3CCS(=O)(=O)[C@@H](c4ccccc4)C3)c[nH]c12. The third kappa shape index (κ3) is 3.73. The molecule has 6 nitrogen and oxygen atoms in total. The Morgan fingerprint density at radius 2 is 1.88 bits per heavy atom. The van der Waals surface area contributed by atoms with E-state index in [1.807, 2.05) is 48.7 Å². The first-order valence-electron chi connectivity index (χ1n) is 10.2. The molecule has 0 unspecified atom stereocenters. The summed E-state index contributed by atoms with van der Waals surface area (Å²) in [5.74, 6) is 0.282. The first-order chi connectivity index (χ1) is 14.9. The van der Waals surface area contributed by atoms with Gasteiger partial charge in [-0.05, 0) is 54.2 Å². The standard InChI is InChI=1S/C24H22N2O4S.CH4/c25-24(27)19-12-17(21-7-4-9-30-21)11-18-20(14-26-23(18)19)16-8-10-31(28,29)22(13-16)15-5-2-1-3-6-15;/h1-7,9,11-12,14,16,22,26H,8,10,13H2,(H2,25,27);1H4/t16-,22+;/m0./s1. The van der Waals surface area contributed by atoms with E-state index in [0.29, 0.717) is 29.7 Å². The molecule has 3 N–H and O–H groups in total. The van der Waals surface area contributed by atoms with Crippen LogP contribution in [0.15, 0.2) is 71.5 Å². The zero-order valence-corrected chi connectivity index (χ0v) is 17.6. The third-order valence-electron chi connectivity index (χ3n) is 6.19. The molecule has 1 amide bonds. The molecule has 2 atom stereocenters. The molecule has 2 aromatic heterocycles. The maximum atomic E-state index is 12.8. The van der Waals surface area contributed by atoms with Crippen molar-refractivity contribution in [3.05, 3.63) is 83.7 Å². The van der Waals surface area contributed by atoms with Gasteiger partial charge in [0.15, 0.2) is 9.84 Å². The van der Waals surface area contributed by atoms with Crippen LogP contribution in [0.5, 0.6) is 0 Å². The summed E-state index contributed by atoms with van der Waals surface area (Å²) < 4.78 is 31.2. The number of aromatic amines is 1. The molecule has 0 radical (unpaired) electrons. The molecule has 1 aliphatic heterocycles. The van der Waals surface area contributed by atoms with Gasteiger partial charge in [0.2, 0.25) is 0 Å². The maximum Gasteiger partial charge on any atom is 0.250 e. The third-order valence-corrected chi connectivity index (χ3v) is 8.32. The predicted molar refractivity (Wildman–Crippen MR) is 126 cm³/mol. The summed E-state index contributed by atoms with van der Waals surface area (Å²) in [6, 6.07) is 16.7. The average Bonchev–Trinajstić information content (AvgIpc) is 3.44. The molecule has 5 rings (SSSR count). The minimum Gasteiger partial charge on any atom is -0.464 e. The summed E-state index contributed by atoms with van der Waals surface area (Å²) >= 11 is 0. The van der Waals surface area contributed by atoms with Gasteiger partial charge in [-0.1, -0.05) is 37.8 Å². The molecule has 2 aromatic carbocycles. The molecule has 1 fully saturated rings. The van der Waals surface area contributed by atoms with Gasteiger partial charge in [0.1, 0.15) is 5.76 Å². The number of aromatic nitrogens is 1. The van der Waals surface area contributed by atoms with Crippen molar-refractivity contribution in [2.24, 2.45) is 5.73 Å². The number of H-pyrrole nitrogens is 1. The number of rotatable bonds is 4. The lowest BCUT2D eigenvalue weighted by molar-refractivity contribution is 0.100. The maximum absolute atomic E-state index is 12.8. The minimum absolute atomic E-state index is 0. The van der Waals surface area contributed by atoms with Crippen LogP contribution in [0.25, 0.3) is 22.2 Å². The fraction of sp³-hybridized carbons (Fsp3) is 0.240. The van der Waals surface area contributed by atoms with E-state index in [4.69, 9.17) is 10.2 Å². The number of hydrogen-bond donors (Lipinski definition) is 2. The second-order valence-electron chi connectivity index (χ2n) is 8.02. The Balaban J connectivity index is 0.00000245. The molecule has 0 aliphatic carbocycles. The topological polar surface area (TPSA) is 106 Å². The lowest BCUT2D eigenvalue weighted by Crippen LogP contribution is -2.26. The highest BCUT2D eigenvalue weighted by atomic mass is 32.2. The van der Waals surface area contributed by atoms with Crippen molar-refractivity contribution in [1.82, 2.24) is 4.98 Å². The zero-order chi connectivity index (χ0) is 21.6. The van der Waals surface area contributed by atoms with Crippen LogP contribution in [0.4, 0.5) is 0 Å². The van der Waals surface area contributed by atoms with Crippen LogP contribution in [0.2, 0.25) is 0 Å². The highest BCUT2D eigenvalue weighted by molar-refractivity contribution is 7.91. The number of nitrogens with two attached hydrogens (primary N) is 1. The summed E-state index contributed by atoms with van der Waals surface area (Å²) in [7, 11) is -3.22. The highest BCUT2D eigenvalue weighted by Gasteiger charge is 2.36. The Kier molecular flexibility index (Phi) is 5.69. The molecule has 7 heteroatoms. The van der Waals surface area contributed by atoms with Gasteiger partial charge in [-0.3, -0.25) is 4.79 Å². The van der Waals surface area contributed by atoms with E-state index < -0.39 is 21.0 Å². The Hall–Kier alpha value is -3.32. The number of nitrogens with one attached hydrogen (secondary N) is 1. The molecular weight excluding hydrogens is 424 g/mol. The molecule has 0 saturated carbocycles. The minimum atomic E-state index is -3.22. The number of sulfone groups is 1. The van der Waals surface area contributed by atoms with Crippen LogP contribution >= 0.6 is 0 Å². The van der Waals surface area contributed by atoms with Gasteiger partial charge in [0, 0.05) is 17.1 Å².